The van der Waals surface area contributed by atoms with Crippen molar-refractivity contribution in [2.45, 2.75) is 0 Å². The number of rotatable bonds is 3. The van der Waals surface area contributed by atoms with Crippen LogP contribution in [0, 0.1) is 0 Å². The van der Waals surface area contributed by atoms with Crippen molar-refractivity contribution in [2.24, 2.45) is 7.05 Å². The van der Waals surface area contributed by atoms with Crippen molar-refractivity contribution >= 4 is 17.4 Å². The summed E-state index contributed by atoms with van der Waals surface area (Å²) in [5.41, 5.74) is 6.54. The molecule has 1 amide bonds. The number of aromatic nitrogens is 2. The van der Waals surface area contributed by atoms with Crippen molar-refractivity contribution in [1.29, 1.82) is 0 Å². The molecule has 0 saturated carbocycles. The minimum absolute atomic E-state index is 0.308. The predicted octanol–water partition coefficient (Wildman–Crippen LogP) is 1.26. The highest BCUT2D eigenvalue weighted by atomic mass is 16.5. The maximum Gasteiger partial charge on any atom is 0.260 e. The normalized spacial score (nSPS) is 10.1. The van der Waals surface area contributed by atoms with Gasteiger partial charge in [-0.05, 0) is 12.1 Å². The van der Waals surface area contributed by atoms with E-state index < -0.39 is 0 Å². The molecule has 6 heteroatoms. The molecule has 0 aliphatic rings. The number of nitrogen functional groups attached to an aromatic ring is 1. The first-order chi connectivity index (χ1) is 8.61. The number of hydrogen-bond acceptors (Lipinski definition) is 4. The molecular weight excluding hydrogens is 232 g/mol. The second-order valence-electron chi connectivity index (χ2n) is 3.76. The Labute approximate surface area is 104 Å². The van der Waals surface area contributed by atoms with E-state index in [0.717, 1.165) is 0 Å². The fourth-order valence-corrected chi connectivity index (χ4v) is 1.63. The van der Waals surface area contributed by atoms with E-state index in [1.54, 1.807) is 42.2 Å². The lowest BCUT2D eigenvalue weighted by Crippen LogP contribution is -2.14. The maximum atomic E-state index is 12.1. The van der Waals surface area contributed by atoms with Crippen molar-refractivity contribution in [3.05, 3.63) is 36.0 Å². The van der Waals surface area contributed by atoms with Crippen LogP contribution in [0.5, 0.6) is 5.75 Å². The zero-order valence-electron chi connectivity index (χ0n) is 10.2. The number of para-hydroxylation sites is 1. The maximum absolute atomic E-state index is 12.1. The Bertz CT molecular complexity index is 577. The van der Waals surface area contributed by atoms with Crippen LogP contribution < -0.4 is 15.8 Å². The van der Waals surface area contributed by atoms with Gasteiger partial charge in [-0.15, -0.1) is 0 Å². The van der Waals surface area contributed by atoms with Crippen LogP contribution in [0.25, 0.3) is 0 Å². The molecule has 0 aliphatic heterocycles. The van der Waals surface area contributed by atoms with Crippen LogP contribution in [0.1, 0.15) is 10.4 Å². The topological polar surface area (TPSA) is 82.2 Å². The smallest absolute Gasteiger partial charge is 0.260 e. The summed E-state index contributed by atoms with van der Waals surface area (Å²) in [6.45, 7) is 0. The molecular formula is C12H14N4O2. The van der Waals surface area contributed by atoms with Gasteiger partial charge < -0.3 is 15.8 Å². The van der Waals surface area contributed by atoms with Crippen molar-refractivity contribution in [2.75, 3.05) is 18.2 Å². The van der Waals surface area contributed by atoms with Crippen LogP contribution in [0.4, 0.5) is 11.5 Å². The summed E-state index contributed by atoms with van der Waals surface area (Å²) >= 11 is 0. The fourth-order valence-electron chi connectivity index (χ4n) is 1.63. The third-order valence-electron chi connectivity index (χ3n) is 2.45. The van der Waals surface area contributed by atoms with Gasteiger partial charge in [-0.2, -0.15) is 5.10 Å². The van der Waals surface area contributed by atoms with Gasteiger partial charge in [-0.1, -0.05) is 6.07 Å². The van der Waals surface area contributed by atoms with E-state index in [2.05, 4.69) is 10.4 Å². The number of nitrogens with one attached hydrogen (secondary N) is 1. The molecule has 0 aliphatic carbocycles. The molecule has 0 unspecified atom stereocenters. The summed E-state index contributed by atoms with van der Waals surface area (Å²) in [6.07, 6.45) is 1.74. The molecule has 3 N–H and O–H groups in total. The monoisotopic (exact) mass is 246 g/mol. The standard InChI is InChI=1S/C12H14N4O2/c1-16-7-6-10(15-16)14-12(17)8-4-3-5-9(13)11(8)18-2/h3-7H,13H2,1-2H3,(H,14,15,17). The molecule has 0 fully saturated rings. The molecule has 6 nitrogen and oxygen atoms in total. The average molecular weight is 246 g/mol. The Morgan fingerprint density at radius 3 is 2.83 bits per heavy atom. The lowest BCUT2D eigenvalue weighted by molar-refractivity contribution is 0.102. The van der Waals surface area contributed by atoms with Gasteiger partial charge in [-0.3, -0.25) is 9.48 Å². The Balaban J connectivity index is 2.26. The summed E-state index contributed by atoms with van der Waals surface area (Å²) in [4.78, 5) is 12.1. The van der Waals surface area contributed by atoms with Crippen LogP contribution in [0.2, 0.25) is 0 Å². The van der Waals surface area contributed by atoms with Crippen molar-refractivity contribution in [3.8, 4) is 5.75 Å². The van der Waals surface area contributed by atoms with E-state index in [1.165, 1.54) is 7.11 Å². The number of amides is 1. The molecule has 94 valence electrons. The quantitative estimate of drug-likeness (QED) is 0.799. The van der Waals surface area contributed by atoms with E-state index >= 15 is 0 Å². The molecule has 1 heterocycles. The second kappa shape index (κ2) is 4.79. The number of benzene rings is 1. The molecule has 18 heavy (non-hydrogen) atoms. The van der Waals surface area contributed by atoms with Gasteiger partial charge >= 0.3 is 0 Å². The molecule has 1 aromatic carbocycles. The zero-order chi connectivity index (χ0) is 13.1. The average Bonchev–Trinajstić information content (AvgIpc) is 2.74. The zero-order valence-corrected chi connectivity index (χ0v) is 10.2. The molecule has 1 aromatic heterocycles. The summed E-state index contributed by atoms with van der Waals surface area (Å²) in [5.74, 6) is 0.538. The second-order valence-corrected chi connectivity index (χ2v) is 3.76. The van der Waals surface area contributed by atoms with E-state index in [1.807, 2.05) is 0 Å². The van der Waals surface area contributed by atoms with Gasteiger partial charge in [0.2, 0.25) is 0 Å². The number of anilines is 2. The lowest BCUT2D eigenvalue weighted by Gasteiger charge is -2.10. The third kappa shape index (κ3) is 2.27. The minimum Gasteiger partial charge on any atom is -0.494 e. The van der Waals surface area contributed by atoms with E-state index in [9.17, 15) is 4.79 Å². The Morgan fingerprint density at radius 2 is 2.22 bits per heavy atom. The van der Waals surface area contributed by atoms with E-state index in [4.69, 9.17) is 10.5 Å². The first-order valence-corrected chi connectivity index (χ1v) is 5.35. The van der Waals surface area contributed by atoms with Crippen molar-refractivity contribution in [3.63, 3.8) is 0 Å². The molecule has 0 radical (unpaired) electrons. The molecule has 0 bridgehead atoms. The minimum atomic E-state index is -0.308. The van der Waals surface area contributed by atoms with Crippen LogP contribution in [0.3, 0.4) is 0 Å². The van der Waals surface area contributed by atoms with Gasteiger partial charge in [0.05, 0.1) is 18.4 Å². The Hall–Kier alpha value is -2.50. The fraction of sp³-hybridized carbons (Fsp3) is 0.167. The van der Waals surface area contributed by atoms with Gasteiger partial charge in [-0.25, -0.2) is 0 Å². The Morgan fingerprint density at radius 1 is 1.44 bits per heavy atom. The largest absolute Gasteiger partial charge is 0.494 e. The van der Waals surface area contributed by atoms with Crippen LogP contribution in [0.15, 0.2) is 30.5 Å². The highest BCUT2D eigenvalue weighted by molar-refractivity contribution is 6.06. The summed E-state index contributed by atoms with van der Waals surface area (Å²) < 4.78 is 6.73. The first-order valence-electron chi connectivity index (χ1n) is 5.35. The van der Waals surface area contributed by atoms with Crippen molar-refractivity contribution in [1.82, 2.24) is 9.78 Å². The molecule has 2 rings (SSSR count). The van der Waals surface area contributed by atoms with Crippen molar-refractivity contribution < 1.29 is 9.53 Å². The van der Waals surface area contributed by atoms with Crippen LogP contribution >= 0.6 is 0 Å². The number of carbonyl (C=O) groups is 1. The Kier molecular flexibility index (Phi) is 3.18. The summed E-state index contributed by atoms with van der Waals surface area (Å²) in [6, 6.07) is 6.73. The third-order valence-corrected chi connectivity index (χ3v) is 2.45. The number of carbonyl (C=O) groups excluding carboxylic acids is 1. The highest BCUT2D eigenvalue weighted by Gasteiger charge is 2.15. The number of aryl methyl sites for hydroxylation is 1. The number of hydrogen-bond donors (Lipinski definition) is 2. The first kappa shape index (κ1) is 12.0. The summed E-state index contributed by atoms with van der Waals surface area (Å²) in [5, 5.41) is 6.74. The van der Waals surface area contributed by atoms with E-state index in [-0.39, 0.29) is 5.91 Å². The van der Waals surface area contributed by atoms with Crippen LogP contribution in [-0.2, 0) is 7.05 Å². The lowest BCUT2D eigenvalue weighted by atomic mass is 10.1. The van der Waals surface area contributed by atoms with Gasteiger partial charge in [0.1, 0.15) is 0 Å². The number of nitrogens with zero attached hydrogens (tertiary/aromatic N) is 2. The SMILES string of the molecule is COc1c(N)cccc1C(=O)Nc1ccn(C)n1. The molecule has 2 aromatic rings. The predicted molar refractivity (Wildman–Crippen MR) is 68.6 cm³/mol. The highest BCUT2D eigenvalue weighted by Crippen LogP contribution is 2.26. The molecule has 0 saturated heterocycles. The summed E-state index contributed by atoms with van der Waals surface area (Å²) in [7, 11) is 3.25. The van der Waals surface area contributed by atoms with Crippen LogP contribution in [-0.4, -0.2) is 22.8 Å². The van der Waals surface area contributed by atoms with Gasteiger partial charge in [0, 0.05) is 19.3 Å². The number of nitrogens with two attached hydrogens (primary N) is 1. The number of ether oxygens (including phenoxy) is 1. The van der Waals surface area contributed by atoms with Gasteiger partial charge in [0.25, 0.3) is 5.91 Å². The molecule has 0 atom stereocenters. The number of methoxy groups -OCH3 is 1. The van der Waals surface area contributed by atoms with Gasteiger partial charge in [0.15, 0.2) is 11.6 Å². The molecule has 0 spiro atoms. The van der Waals surface area contributed by atoms with E-state index in [0.29, 0.717) is 22.8 Å².